The lowest BCUT2D eigenvalue weighted by Gasteiger charge is -2.19. The summed E-state index contributed by atoms with van der Waals surface area (Å²) in [6.45, 7) is 2.08. The van der Waals surface area contributed by atoms with Gasteiger partial charge in [-0.15, -0.1) is 11.3 Å². The highest BCUT2D eigenvalue weighted by atomic mass is 32.1. The van der Waals surface area contributed by atoms with Gasteiger partial charge in [-0.25, -0.2) is 4.98 Å². The van der Waals surface area contributed by atoms with E-state index in [0.717, 1.165) is 16.6 Å². The lowest BCUT2D eigenvalue weighted by atomic mass is 10.2. The Morgan fingerprint density at radius 1 is 1.42 bits per heavy atom. The van der Waals surface area contributed by atoms with Crippen molar-refractivity contribution in [3.05, 3.63) is 29.3 Å². The Morgan fingerprint density at radius 3 is 2.89 bits per heavy atom. The quantitative estimate of drug-likeness (QED) is 0.910. The molecule has 100 valence electrons. The highest BCUT2D eigenvalue weighted by Gasteiger charge is 2.18. The third kappa shape index (κ3) is 3.08. The first-order chi connectivity index (χ1) is 9.11. The highest BCUT2D eigenvalue weighted by Crippen LogP contribution is 2.20. The van der Waals surface area contributed by atoms with Gasteiger partial charge in [0, 0.05) is 12.1 Å². The number of amides is 1. The van der Waals surface area contributed by atoms with E-state index in [-0.39, 0.29) is 12.5 Å². The zero-order valence-electron chi connectivity index (χ0n) is 10.5. The van der Waals surface area contributed by atoms with Crippen LogP contribution in [0.1, 0.15) is 23.7 Å². The minimum atomic E-state index is -0.999. The van der Waals surface area contributed by atoms with Crippen LogP contribution in [0.5, 0.6) is 0 Å². The molecule has 0 unspecified atom stereocenters. The second-order valence-corrected chi connectivity index (χ2v) is 5.04. The molecule has 1 N–H and O–H groups in total. The maximum absolute atomic E-state index is 12.3. The Kier molecular flexibility index (Phi) is 4.11. The molecular weight excluding hydrogens is 264 g/mol. The van der Waals surface area contributed by atoms with Crippen LogP contribution in [0.25, 0.3) is 10.2 Å². The minimum absolute atomic E-state index is 0.250. The fourth-order valence-corrected chi connectivity index (χ4v) is 2.57. The number of nitrogens with zero attached hydrogens (tertiary/aromatic N) is 2. The smallest absolute Gasteiger partial charge is 0.323 e. The lowest BCUT2D eigenvalue weighted by Crippen LogP contribution is -2.36. The molecule has 5 nitrogen and oxygen atoms in total. The van der Waals surface area contributed by atoms with E-state index in [1.165, 1.54) is 16.2 Å². The van der Waals surface area contributed by atoms with Crippen LogP contribution in [0.4, 0.5) is 0 Å². The van der Waals surface area contributed by atoms with E-state index < -0.39 is 5.97 Å². The molecule has 6 heteroatoms. The van der Waals surface area contributed by atoms with Gasteiger partial charge in [0.1, 0.15) is 6.54 Å². The highest BCUT2D eigenvalue weighted by molar-refractivity contribution is 7.16. The number of carbonyl (C=O) groups excluding carboxylic acids is 1. The molecule has 0 bridgehead atoms. The maximum Gasteiger partial charge on any atom is 0.323 e. The zero-order valence-corrected chi connectivity index (χ0v) is 11.3. The van der Waals surface area contributed by atoms with Gasteiger partial charge in [0.05, 0.1) is 15.7 Å². The molecule has 1 aromatic heterocycles. The van der Waals surface area contributed by atoms with Crippen molar-refractivity contribution >= 4 is 33.4 Å². The number of benzene rings is 1. The molecule has 0 aliphatic rings. The molecule has 0 atom stereocenters. The first-order valence-corrected chi connectivity index (χ1v) is 6.84. The maximum atomic E-state index is 12.3. The molecule has 0 saturated carbocycles. The molecule has 2 aromatic rings. The van der Waals surface area contributed by atoms with Crippen LogP contribution in [-0.2, 0) is 4.79 Å². The molecule has 0 fully saturated rings. The summed E-state index contributed by atoms with van der Waals surface area (Å²) in [6.07, 6.45) is 0.724. The van der Waals surface area contributed by atoms with Crippen LogP contribution in [0.3, 0.4) is 0 Å². The van der Waals surface area contributed by atoms with Crippen LogP contribution in [0.15, 0.2) is 23.7 Å². The summed E-state index contributed by atoms with van der Waals surface area (Å²) >= 11 is 1.46. The zero-order chi connectivity index (χ0) is 13.8. The van der Waals surface area contributed by atoms with Gasteiger partial charge in [0.15, 0.2) is 0 Å². The second kappa shape index (κ2) is 5.79. The van der Waals surface area contributed by atoms with Gasteiger partial charge in [-0.2, -0.15) is 0 Å². The summed E-state index contributed by atoms with van der Waals surface area (Å²) in [5.74, 6) is -1.25. The molecule has 2 rings (SSSR count). The average Bonchev–Trinajstić information content (AvgIpc) is 2.84. The molecule has 1 aromatic carbocycles. The molecule has 0 radical (unpaired) electrons. The van der Waals surface area contributed by atoms with Crippen LogP contribution >= 0.6 is 11.3 Å². The second-order valence-electron chi connectivity index (χ2n) is 4.16. The number of thiazole rings is 1. The Labute approximate surface area is 114 Å². The van der Waals surface area contributed by atoms with E-state index in [0.29, 0.717) is 12.1 Å². The first kappa shape index (κ1) is 13.5. The monoisotopic (exact) mass is 278 g/mol. The first-order valence-electron chi connectivity index (χ1n) is 5.96. The van der Waals surface area contributed by atoms with Crippen LogP contribution < -0.4 is 0 Å². The Hall–Kier alpha value is -1.95. The SMILES string of the molecule is CCCN(CC(=O)O)C(=O)c1ccc2ncsc2c1. The third-order valence-electron chi connectivity index (χ3n) is 2.69. The van der Waals surface area contributed by atoms with E-state index in [4.69, 9.17) is 5.11 Å². The van der Waals surface area contributed by atoms with Gasteiger partial charge in [-0.1, -0.05) is 6.92 Å². The number of fused-ring (bicyclic) bond motifs is 1. The van der Waals surface area contributed by atoms with Crippen molar-refractivity contribution < 1.29 is 14.7 Å². The molecule has 0 spiro atoms. The fourth-order valence-electron chi connectivity index (χ4n) is 1.86. The van der Waals surface area contributed by atoms with Gasteiger partial charge < -0.3 is 10.0 Å². The molecule has 19 heavy (non-hydrogen) atoms. The summed E-state index contributed by atoms with van der Waals surface area (Å²) in [7, 11) is 0. The van der Waals surface area contributed by atoms with E-state index >= 15 is 0 Å². The average molecular weight is 278 g/mol. The van der Waals surface area contributed by atoms with Crippen molar-refractivity contribution in [2.24, 2.45) is 0 Å². The topological polar surface area (TPSA) is 70.5 Å². The summed E-state index contributed by atoms with van der Waals surface area (Å²) in [5, 5.41) is 8.84. The van der Waals surface area contributed by atoms with Crippen molar-refractivity contribution in [2.75, 3.05) is 13.1 Å². The predicted octanol–water partition coefficient (Wildman–Crippen LogP) is 2.23. The number of aliphatic carboxylic acids is 1. The number of hydrogen-bond acceptors (Lipinski definition) is 4. The molecule has 0 aliphatic heterocycles. The summed E-state index contributed by atoms with van der Waals surface area (Å²) in [6, 6.07) is 5.23. The normalized spacial score (nSPS) is 10.6. The lowest BCUT2D eigenvalue weighted by molar-refractivity contribution is -0.137. The van der Waals surface area contributed by atoms with Gasteiger partial charge >= 0.3 is 5.97 Å². The fraction of sp³-hybridized carbons (Fsp3) is 0.308. The van der Waals surface area contributed by atoms with Crippen LogP contribution in [0, 0.1) is 0 Å². The predicted molar refractivity (Wildman–Crippen MR) is 73.5 cm³/mol. The van der Waals surface area contributed by atoms with Gasteiger partial charge in [0.2, 0.25) is 0 Å². The molecule has 1 amide bonds. The third-order valence-corrected chi connectivity index (χ3v) is 3.48. The van der Waals surface area contributed by atoms with Gasteiger partial charge in [0.25, 0.3) is 5.91 Å². The van der Waals surface area contributed by atoms with Crippen LogP contribution in [-0.4, -0.2) is 40.0 Å². The van der Waals surface area contributed by atoms with Crippen molar-refractivity contribution in [3.63, 3.8) is 0 Å². The summed E-state index contributed by atoms with van der Waals surface area (Å²) < 4.78 is 0.928. The van der Waals surface area contributed by atoms with Crippen molar-refractivity contribution in [1.29, 1.82) is 0 Å². The minimum Gasteiger partial charge on any atom is -0.480 e. The largest absolute Gasteiger partial charge is 0.480 e. The Balaban J connectivity index is 2.26. The van der Waals surface area contributed by atoms with Crippen molar-refractivity contribution in [1.82, 2.24) is 9.88 Å². The molecular formula is C13H14N2O3S. The van der Waals surface area contributed by atoms with Crippen molar-refractivity contribution in [2.45, 2.75) is 13.3 Å². The summed E-state index contributed by atoms with van der Waals surface area (Å²) in [5.41, 5.74) is 3.08. The standard InChI is InChI=1S/C13H14N2O3S/c1-2-5-15(7-12(16)17)13(18)9-3-4-10-11(6-9)19-8-14-10/h3-4,6,8H,2,5,7H2,1H3,(H,16,17). The number of rotatable bonds is 5. The van der Waals surface area contributed by atoms with E-state index in [9.17, 15) is 9.59 Å². The van der Waals surface area contributed by atoms with Gasteiger partial charge in [-0.05, 0) is 24.6 Å². The molecule has 0 aliphatic carbocycles. The van der Waals surface area contributed by atoms with E-state index in [1.807, 2.05) is 6.92 Å². The van der Waals surface area contributed by atoms with Crippen molar-refractivity contribution in [3.8, 4) is 0 Å². The number of carboxylic acid groups (broad SMARTS) is 1. The number of carbonyl (C=O) groups is 2. The van der Waals surface area contributed by atoms with E-state index in [2.05, 4.69) is 4.98 Å². The van der Waals surface area contributed by atoms with E-state index in [1.54, 1.807) is 23.7 Å². The summed E-state index contributed by atoms with van der Waals surface area (Å²) in [4.78, 5) is 28.6. The molecule has 0 saturated heterocycles. The number of carboxylic acids is 1. The number of aromatic nitrogens is 1. The Morgan fingerprint density at radius 2 is 2.21 bits per heavy atom. The van der Waals surface area contributed by atoms with Gasteiger partial charge in [-0.3, -0.25) is 9.59 Å². The number of hydrogen-bond donors (Lipinski definition) is 1. The van der Waals surface area contributed by atoms with Crippen LogP contribution in [0.2, 0.25) is 0 Å². The Bertz CT molecular complexity index is 609. The molecule has 1 heterocycles.